The van der Waals surface area contributed by atoms with E-state index in [9.17, 15) is 0 Å². The Bertz CT molecular complexity index is 1200. The summed E-state index contributed by atoms with van der Waals surface area (Å²) in [4.78, 5) is 8.27. The van der Waals surface area contributed by atoms with Crippen LogP contribution in [0.25, 0.3) is 22.1 Å². The first-order valence-electron chi connectivity index (χ1n) is 11.8. The van der Waals surface area contributed by atoms with Crippen LogP contribution in [0.4, 0.5) is 5.69 Å². The highest BCUT2D eigenvalue weighted by Gasteiger charge is 2.29. The number of aryl methyl sites for hydroxylation is 2. The number of pyridine rings is 1. The molecule has 1 atom stereocenters. The molecule has 1 aliphatic heterocycles. The zero-order chi connectivity index (χ0) is 23.6. The molecule has 0 bridgehead atoms. The van der Waals surface area contributed by atoms with Crippen molar-refractivity contribution in [2.45, 2.75) is 47.6 Å². The Morgan fingerprint density at radius 1 is 1.15 bits per heavy atom. The third kappa shape index (κ3) is 2.74. The lowest BCUT2D eigenvalue weighted by atomic mass is 9.96. The zero-order valence-electron chi connectivity index (χ0n) is 21.5. The topological polar surface area (TPSA) is 32.5 Å². The standard InChI is InChI=1S/C22H27N3O/c1-14-7-9-17-18-10-8-15(2)23-21(18)26-20(17)19(14)25-12-11-24(16(25)3)13-22(4,5)6/h7-12,16H,13H2,1-6H3/t16-/m0/s1/i4D3,5D3. The van der Waals surface area contributed by atoms with Gasteiger partial charge >= 0.3 is 0 Å². The van der Waals surface area contributed by atoms with Crippen LogP contribution in [0.3, 0.4) is 0 Å². The number of aromatic nitrogens is 1. The van der Waals surface area contributed by atoms with Crippen LogP contribution < -0.4 is 4.90 Å². The minimum Gasteiger partial charge on any atom is -0.435 e. The Morgan fingerprint density at radius 2 is 1.92 bits per heavy atom. The van der Waals surface area contributed by atoms with Gasteiger partial charge in [-0.3, -0.25) is 0 Å². The Morgan fingerprint density at radius 3 is 2.69 bits per heavy atom. The van der Waals surface area contributed by atoms with E-state index in [1.807, 2.05) is 56.1 Å². The van der Waals surface area contributed by atoms with Crippen LogP contribution in [0.5, 0.6) is 0 Å². The monoisotopic (exact) mass is 355 g/mol. The second-order valence-electron chi connectivity index (χ2n) is 7.36. The molecule has 4 rings (SSSR count). The zero-order valence-corrected chi connectivity index (χ0v) is 15.5. The molecule has 0 aliphatic carbocycles. The summed E-state index contributed by atoms with van der Waals surface area (Å²) in [5.74, 6) is 0. The van der Waals surface area contributed by atoms with E-state index in [0.717, 1.165) is 27.7 Å². The van der Waals surface area contributed by atoms with Gasteiger partial charge in [-0.05, 0) is 43.9 Å². The van der Waals surface area contributed by atoms with Gasteiger partial charge in [0.05, 0.1) is 5.69 Å². The van der Waals surface area contributed by atoms with Crippen LogP contribution >= 0.6 is 0 Å². The van der Waals surface area contributed by atoms with E-state index in [1.54, 1.807) is 11.1 Å². The summed E-state index contributed by atoms with van der Waals surface area (Å²) in [6, 6.07) is 7.97. The fourth-order valence-corrected chi connectivity index (χ4v) is 3.60. The lowest BCUT2D eigenvalue weighted by Gasteiger charge is -2.34. The summed E-state index contributed by atoms with van der Waals surface area (Å²) >= 11 is 0. The van der Waals surface area contributed by atoms with Gasteiger partial charge in [0.2, 0.25) is 5.71 Å². The molecule has 1 aliphatic rings. The maximum atomic E-state index is 7.89. The molecule has 0 unspecified atom stereocenters. The number of rotatable bonds is 2. The molecular weight excluding hydrogens is 322 g/mol. The predicted octanol–water partition coefficient (Wildman–Crippen LogP) is 5.58. The first kappa shape index (κ1) is 11.3. The van der Waals surface area contributed by atoms with Crippen molar-refractivity contribution in [2.75, 3.05) is 11.4 Å². The molecule has 2 aromatic heterocycles. The third-order valence-electron chi connectivity index (χ3n) is 4.88. The highest BCUT2D eigenvalue weighted by atomic mass is 16.3. The van der Waals surface area contributed by atoms with Crippen molar-refractivity contribution in [1.82, 2.24) is 9.88 Å². The molecular formula is C22H27N3O. The molecule has 0 fully saturated rings. The lowest BCUT2D eigenvalue weighted by Crippen LogP contribution is -2.40. The Hall–Kier alpha value is -2.49. The van der Waals surface area contributed by atoms with Crippen LogP contribution in [-0.4, -0.2) is 22.6 Å². The minimum absolute atomic E-state index is 0.135. The number of hydrogen-bond donors (Lipinski definition) is 0. The minimum atomic E-state index is -2.64. The molecule has 4 nitrogen and oxygen atoms in total. The van der Waals surface area contributed by atoms with Crippen molar-refractivity contribution in [3.63, 3.8) is 0 Å². The van der Waals surface area contributed by atoms with E-state index in [2.05, 4.69) is 4.98 Å². The largest absolute Gasteiger partial charge is 0.435 e. The molecule has 0 spiro atoms. The average molecular weight is 356 g/mol. The van der Waals surface area contributed by atoms with Gasteiger partial charge in [0.25, 0.3) is 0 Å². The summed E-state index contributed by atoms with van der Waals surface area (Å²) in [6.45, 7) is 1.71. The van der Waals surface area contributed by atoms with Crippen molar-refractivity contribution in [2.24, 2.45) is 5.41 Å². The van der Waals surface area contributed by atoms with E-state index in [0.29, 0.717) is 11.3 Å². The highest BCUT2D eigenvalue weighted by molar-refractivity contribution is 6.08. The summed E-state index contributed by atoms with van der Waals surface area (Å²) in [7, 11) is 0. The third-order valence-corrected chi connectivity index (χ3v) is 4.88. The Balaban J connectivity index is 1.75. The molecule has 0 saturated heterocycles. The van der Waals surface area contributed by atoms with Gasteiger partial charge in [-0.15, -0.1) is 0 Å². The molecule has 3 aromatic rings. The number of benzene rings is 1. The molecule has 26 heavy (non-hydrogen) atoms. The second-order valence-corrected chi connectivity index (χ2v) is 7.36. The van der Waals surface area contributed by atoms with E-state index in [4.69, 9.17) is 12.6 Å². The number of nitrogens with zero attached hydrogens (tertiary/aromatic N) is 3. The smallest absolute Gasteiger partial charge is 0.227 e. The van der Waals surface area contributed by atoms with Crippen LogP contribution in [0, 0.1) is 19.3 Å². The molecule has 4 heteroatoms. The number of anilines is 1. The van der Waals surface area contributed by atoms with E-state index >= 15 is 0 Å². The van der Waals surface area contributed by atoms with E-state index in [1.165, 1.54) is 6.92 Å². The van der Waals surface area contributed by atoms with Crippen LogP contribution in [0.1, 0.15) is 47.0 Å². The van der Waals surface area contributed by atoms with Gasteiger partial charge in [-0.1, -0.05) is 32.8 Å². The molecule has 1 aromatic carbocycles. The fraction of sp³-hybridized carbons (Fsp3) is 0.409. The van der Waals surface area contributed by atoms with Crippen molar-refractivity contribution >= 4 is 27.8 Å². The molecule has 0 N–H and O–H groups in total. The second kappa shape index (κ2) is 5.76. The number of hydrogen-bond acceptors (Lipinski definition) is 4. The van der Waals surface area contributed by atoms with Gasteiger partial charge in [0.1, 0.15) is 6.17 Å². The van der Waals surface area contributed by atoms with Gasteiger partial charge in [-0.25, -0.2) is 4.98 Å². The van der Waals surface area contributed by atoms with Crippen molar-refractivity contribution < 1.29 is 12.6 Å². The maximum Gasteiger partial charge on any atom is 0.227 e. The van der Waals surface area contributed by atoms with Crippen molar-refractivity contribution in [3.05, 3.63) is 47.9 Å². The van der Waals surface area contributed by atoms with E-state index < -0.39 is 19.1 Å². The first-order valence-corrected chi connectivity index (χ1v) is 8.76. The van der Waals surface area contributed by atoms with E-state index in [-0.39, 0.29) is 12.7 Å². The summed E-state index contributed by atoms with van der Waals surface area (Å²) in [6.07, 6.45) is 3.30. The van der Waals surface area contributed by atoms with Gasteiger partial charge < -0.3 is 14.2 Å². The van der Waals surface area contributed by atoms with Crippen LogP contribution in [0.15, 0.2) is 41.1 Å². The highest BCUT2D eigenvalue weighted by Crippen LogP contribution is 2.39. The van der Waals surface area contributed by atoms with Gasteiger partial charge in [0.15, 0.2) is 5.58 Å². The van der Waals surface area contributed by atoms with Gasteiger partial charge in [0, 0.05) is 43.6 Å². The van der Waals surface area contributed by atoms with Crippen LogP contribution in [0.2, 0.25) is 0 Å². The van der Waals surface area contributed by atoms with Crippen molar-refractivity contribution in [3.8, 4) is 0 Å². The molecule has 3 heterocycles. The fourth-order valence-electron chi connectivity index (χ4n) is 3.60. The number of furan rings is 1. The summed E-state index contributed by atoms with van der Waals surface area (Å²) < 4.78 is 53.5. The molecule has 136 valence electrons. The summed E-state index contributed by atoms with van der Waals surface area (Å²) in [5.41, 5.74) is 2.10. The maximum absolute atomic E-state index is 7.89. The average Bonchev–Trinajstić information content (AvgIpc) is 3.20. The quantitative estimate of drug-likeness (QED) is 0.600. The predicted molar refractivity (Wildman–Crippen MR) is 108 cm³/mol. The van der Waals surface area contributed by atoms with Gasteiger partial charge in [-0.2, -0.15) is 0 Å². The lowest BCUT2D eigenvalue weighted by molar-refractivity contribution is 0.221. The Kier molecular flexibility index (Phi) is 2.50. The van der Waals surface area contributed by atoms with Crippen LogP contribution in [-0.2, 0) is 0 Å². The molecule has 0 amide bonds. The normalized spacial score (nSPS) is 22.2. The Labute approximate surface area is 163 Å². The SMILES string of the molecule is [2H]C([2H])([2H])C(C)(CN1C=CN(c2c(C)ccc3c2oc2nc(C)ccc23)[C@H]1C)C([2H])([2H])[2H]. The number of fused-ring (bicyclic) bond motifs is 3. The summed E-state index contributed by atoms with van der Waals surface area (Å²) in [5, 5.41) is 1.87. The van der Waals surface area contributed by atoms with Crippen molar-refractivity contribution in [1.29, 1.82) is 0 Å². The molecule has 0 radical (unpaired) electrons. The first-order chi connectivity index (χ1) is 14.7. The molecule has 0 saturated carbocycles.